The van der Waals surface area contributed by atoms with Crippen molar-refractivity contribution < 1.29 is 19.1 Å². The molecule has 0 spiro atoms. The summed E-state index contributed by atoms with van der Waals surface area (Å²) in [6.45, 7) is 7.69. The third-order valence-corrected chi connectivity index (χ3v) is 7.23. The number of carbonyl (C=O) groups excluding carboxylic acids is 3. The van der Waals surface area contributed by atoms with Gasteiger partial charge < -0.3 is 20.3 Å². The van der Waals surface area contributed by atoms with Crippen LogP contribution in [0.25, 0.3) is 0 Å². The molecule has 0 aromatic heterocycles. The summed E-state index contributed by atoms with van der Waals surface area (Å²) < 4.78 is 5.52. The number of alkyl carbamates (subject to hydrolysis) is 1. The Morgan fingerprint density at radius 3 is 2.32 bits per heavy atom. The van der Waals surface area contributed by atoms with Crippen LogP contribution in [0.5, 0.6) is 0 Å². The first-order valence-corrected chi connectivity index (χ1v) is 14.8. The normalized spacial score (nSPS) is 15.2. The highest BCUT2D eigenvalue weighted by molar-refractivity contribution is 5.92. The Morgan fingerprint density at radius 1 is 1.02 bits per heavy atom. The largest absolute Gasteiger partial charge is 0.444 e. The van der Waals surface area contributed by atoms with E-state index in [1.54, 1.807) is 31.7 Å². The Balaban J connectivity index is 2.04. The predicted molar refractivity (Wildman–Crippen MR) is 162 cm³/mol. The topological polar surface area (TPSA) is 87.7 Å². The van der Waals surface area contributed by atoms with Gasteiger partial charge in [-0.05, 0) is 57.2 Å². The highest BCUT2D eigenvalue weighted by Gasteiger charge is 2.37. The van der Waals surface area contributed by atoms with Crippen LogP contribution in [0, 0.1) is 12.3 Å². The summed E-state index contributed by atoms with van der Waals surface area (Å²) in [7, 11) is 0. The van der Waals surface area contributed by atoms with Gasteiger partial charge in [-0.15, -0.1) is 6.42 Å². The standard InChI is InChI=1S/C34H45N3O4/c1-6-8-23-37(32(39)29(24-25-17-11-9-12-18-25)36-33(40)41-34(3,4)5)30(28-22-16-15-19-26(28)7-2)31(38)35-27-20-13-10-14-21-27/h2,9,11-12,15-19,22,27,29-30H,6,8,10,13-14,20-21,23-24H2,1,3-5H3,(H,35,38)(H,36,40). The van der Waals surface area contributed by atoms with Crippen LogP contribution in [0.4, 0.5) is 4.79 Å². The van der Waals surface area contributed by atoms with E-state index in [4.69, 9.17) is 11.2 Å². The van der Waals surface area contributed by atoms with Crippen molar-refractivity contribution in [3.05, 3.63) is 71.3 Å². The van der Waals surface area contributed by atoms with Crippen molar-refractivity contribution in [3.8, 4) is 12.3 Å². The molecule has 0 bridgehead atoms. The zero-order valence-electron chi connectivity index (χ0n) is 24.9. The predicted octanol–water partition coefficient (Wildman–Crippen LogP) is 5.92. The fourth-order valence-electron chi connectivity index (χ4n) is 5.24. The molecule has 1 aliphatic rings. The third-order valence-electron chi connectivity index (χ3n) is 7.23. The van der Waals surface area contributed by atoms with Crippen LogP contribution in [0.15, 0.2) is 54.6 Å². The second-order valence-corrected chi connectivity index (χ2v) is 11.8. The number of carbonyl (C=O) groups is 3. The fourth-order valence-corrected chi connectivity index (χ4v) is 5.24. The number of unbranched alkanes of at least 4 members (excludes halogenated alkanes) is 1. The molecule has 1 aliphatic carbocycles. The molecule has 3 amide bonds. The van der Waals surface area contributed by atoms with Gasteiger partial charge in [-0.1, -0.05) is 87.1 Å². The summed E-state index contributed by atoms with van der Waals surface area (Å²) >= 11 is 0. The van der Waals surface area contributed by atoms with Crippen LogP contribution in [0.2, 0.25) is 0 Å². The molecule has 2 unspecified atom stereocenters. The number of ether oxygens (including phenoxy) is 1. The number of terminal acetylenes is 1. The van der Waals surface area contributed by atoms with E-state index in [9.17, 15) is 14.4 Å². The van der Waals surface area contributed by atoms with E-state index < -0.39 is 23.8 Å². The van der Waals surface area contributed by atoms with Gasteiger partial charge >= 0.3 is 6.09 Å². The maximum atomic E-state index is 14.5. The van der Waals surface area contributed by atoms with E-state index in [-0.39, 0.29) is 24.3 Å². The molecule has 220 valence electrons. The first kappa shape index (κ1) is 31.7. The quantitative estimate of drug-likeness (QED) is 0.335. The molecular weight excluding hydrogens is 514 g/mol. The maximum Gasteiger partial charge on any atom is 0.408 e. The monoisotopic (exact) mass is 559 g/mol. The van der Waals surface area contributed by atoms with Crippen molar-refractivity contribution in [2.45, 2.75) is 103 Å². The molecule has 2 aromatic carbocycles. The Bertz CT molecular complexity index is 1190. The van der Waals surface area contributed by atoms with Crippen molar-refractivity contribution >= 4 is 17.9 Å². The number of nitrogens with zero attached hydrogens (tertiary/aromatic N) is 1. The van der Waals surface area contributed by atoms with Gasteiger partial charge in [-0.25, -0.2) is 4.79 Å². The Labute approximate surface area is 245 Å². The van der Waals surface area contributed by atoms with E-state index in [1.165, 1.54) is 0 Å². The number of nitrogens with one attached hydrogen (secondary N) is 2. The molecule has 7 nitrogen and oxygen atoms in total. The van der Waals surface area contributed by atoms with Crippen molar-refractivity contribution in [1.82, 2.24) is 15.5 Å². The summed E-state index contributed by atoms with van der Waals surface area (Å²) in [5.41, 5.74) is 1.30. The van der Waals surface area contributed by atoms with E-state index in [0.29, 0.717) is 24.1 Å². The summed E-state index contributed by atoms with van der Waals surface area (Å²) in [6, 6.07) is 14.9. The van der Waals surface area contributed by atoms with E-state index in [1.807, 2.05) is 55.5 Å². The summed E-state index contributed by atoms with van der Waals surface area (Å²) in [6.07, 6.45) is 12.1. The Morgan fingerprint density at radius 2 is 1.68 bits per heavy atom. The molecule has 0 heterocycles. The van der Waals surface area contributed by atoms with Gasteiger partial charge in [0.15, 0.2) is 0 Å². The number of rotatable bonds is 11. The van der Waals surface area contributed by atoms with Crippen molar-refractivity contribution in [1.29, 1.82) is 0 Å². The molecule has 0 saturated heterocycles. The number of benzene rings is 2. The minimum Gasteiger partial charge on any atom is -0.444 e. The third kappa shape index (κ3) is 9.67. The lowest BCUT2D eigenvalue weighted by Gasteiger charge is -2.36. The second kappa shape index (κ2) is 15.3. The molecule has 7 heteroatoms. The van der Waals surface area contributed by atoms with Crippen molar-refractivity contribution in [2.24, 2.45) is 0 Å². The number of amides is 3. The first-order valence-electron chi connectivity index (χ1n) is 14.8. The van der Waals surface area contributed by atoms with Gasteiger partial charge in [-0.3, -0.25) is 9.59 Å². The lowest BCUT2D eigenvalue weighted by atomic mass is 9.93. The molecule has 0 radical (unpaired) electrons. The van der Waals surface area contributed by atoms with Crippen LogP contribution < -0.4 is 10.6 Å². The smallest absolute Gasteiger partial charge is 0.408 e. The summed E-state index contributed by atoms with van der Waals surface area (Å²) in [5.74, 6) is 2.10. The van der Waals surface area contributed by atoms with Gasteiger partial charge in [0.25, 0.3) is 0 Å². The maximum absolute atomic E-state index is 14.5. The zero-order chi connectivity index (χ0) is 29.8. The number of hydrogen-bond donors (Lipinski definition) is 2. The molecular formula is C34H45N3O4. The van der Waals surface area contributed by atoms with Gasteiger partial charge in [0.2, 0.25) is 11.8 Å². The summed E-state index contributed by atoms with van der Waals surface area (Å²) in [4.78, 5) is 43.1. The van der Waals surface area contributed by atoms with Crippen LogP contribution in [0.3, 0.4) is 0 Å². The Kier molecular flexibility index (Phi) is 11.8. The number of hydrogen-bond acceptors (Lipinski definition) is 4. The second-order valence-electron chi connectivity index (χ2n) is 11.8. The highest BCUT2D eigenvalue weighted by Crippen LogP contribution is 2.28. The van der Waals surface area contributed by atoms with Crippen molar-refractivity contribution in [3.63, 3.8) is 0 Å². The van der Waals surface area contributed by atoms with Crippen LogP contribution >= 0.6 is 0 Å². The molecule has 1 saturated carbocycles. The van der Waals surface area contributed by atoms with E-state index in [2.05, 4.69) is 16.6 Å². The molecule has 3 rings (SSSR count). The first-order chi connectivity index (χ1) is 19.6. The SMILES string of the molecule is C#Cc1ccccc1C(C(=O)NC1CCCCC1)N(CCCC)C(=O)C(Cc1ccccc1)NC(=O)OC(C)(C)C. The molecule has 2 aromatic rings. The van der Waals surface area contributed by atoms with Crippen LogP contribution in [-0.2, 0) is 20.7 Å². The molecule has 41 heavy (non-hydrogen) atoms. The molecule has 2 atom stereocenters. The summed E-state index contributed by atoms with van der Waals surface area (Å²) in [5, 5.41) is 6.04. The average molecular weight is 560 g/mol. The fraction of sp³-hybridized carbons (Fsp3) is 0.500. The molecule has 2 N–H and O–H groups in total. The lowest BCUT2D eigenvalue weighted by Crippen LogP contribution is -2.54. The van der Waals surface area contributed by atoms with E-state index in [0.717, 1.165) is 44.1 Å². The lowest BCUT2D eigenvalue weighted by molar-refractivity contribution is -0.143. The van der Waals surface area contributed by atoms with Gasteiger partial charge in [0.1, 0.15) is 17.7 Å². The minimum absolute atomic E-state index is 0.0554. The average Bonchev–Trinajstić information content (AvgIpc) is 2.94. The molecule has 1 fully saturated rings. The van der Waals surface area contributed by atoms with Gasteiger partial charge in [0.05, 0.1) is 0 Å². The van der Waals surface area contributed by atoms with Crippen molar-refractivity contribution in [2.75, 3.05) is 6.54 Å². The van der Waals surface area contributed by atoms with Gasteiger partial charge in [-0.2, -0.15) is 0 Å². The highest BCUT2D eigenvalue weighted by atomic mass is 16.6. The minimum atomic E-state index is -0.952. The Hall–Kier alpha value is -3.79. The van der Waals surface area contributed by atoms with Crippen LogP contribution in [0.1, 0.15) is 95.4 Å². The molecule has 0 aliphatic heterocycles. The van der Waals surface area contributed by atoms with Crippen LogP contribution in [-0.4, -0.2) is 47.0 Å². The van der Waals surface area contributed by atoms with E-state index >= 15 is 0 Å². The zero-order valence-corrected chi connectivity index (χ0v) is 24.9. The van der Waals surface area contributed by atoms with Gasteiger partial charge in [0, 0.05) is 24.6 Å².